The van der Waals surface area contributed by atoms with Gasteiger partial charge in [-0.2, -0.15) is 0 Å². The molecule has 0 bridgehead atoms. The zero-order valence-electron chi connectivity index (χ0n) is 14.2. The van der Waals surface area contributed by atoms with E-state index in [1.165, 1.54) is 6.92 Å². The van der Waals surface area contributed by atoms with Crippen LogP contribution in [0.3, 0.4) is 0 Å². The minimum absolute atomic E-state index is 0.165. The molecule has 2 rings (SSSR count). The Morgan fingerprint density at radius 3 is 2.40 bits per heavy atom. The molecule has 1 saturated carbocycles. The van der Waals surface area contributed by atoms with Crippen molar-refractivity contribution in [2.45, 2.75) is 31.8 Å². The highest BCUT2D eigenvalue weighted by molar-refractivity contribution is 5.87. The number of hydrogen-bond acceptors (Lipinski definition) is 5. The van der Waals surface area contributed by atoms with Gasteiger partial charge in [0.1, 0.15) is 6.04 Å². The van der Waals surface area contributed by atoms with Crippen LogP contribution in [0.4, 0.5) is 0 Å². The lowest BCUT2D eigenvalue weighted by atomic mass is 9.92. The summed E-state index contributed by atoms with van der Waals surface area (Å²) < 4.78 is 5.24. The van der Waals surface area contributed by atoms with Gasteiger partial charge in [-0.15, -0.1) is 0 Å². The molecular formula is C15H25N5O5. The van der Waals surface area contributed by atoms with Crippen LogP contribution in [0.5, 0.6) is 0 Å². The summed E-state index contributed by atoms with van der Waals surface area (Å²) in [5.74, 6) is -2.89. The first-order chi connectivity index (χ1) is 11.8. The number of guanidine groups is 1. The van der Waals surface area contributed by atoms with E-state index in [4.69, 9.17) is 16.2 Å². The van der Waals surface area contributed by atoms with Crippen LogP contribution in [-0.4, -0.2) is 72.1 Å². The Morgan fingerprint density at radius 2 is 1.88 bits per heavy atom. The summed E-state index contributed by atoms with van der Waals surface area (Å²) in [7, 11) is 0. The molecule has 1 saturated heterocycles. The number of carboxylic acids is 1. The fraction of sp³-hybridized carbons (Fsp3) is 0.733. The minimum Gasteiger partial charge on any atom is -0.481 e. The standard InChI is InChI=1S/C15H25N5O5/c1-8(21)18-12(13(22)20-2-4-25-5-3-20)10-6-9(14(23)24)7-11(10)19-15(16)17/h9-12H,2-7H2,1H3,(H,18,21)(H,23,24)(H4,16,17,19)/t9?,10-,11-,12?/m0/s1. The van der Waals surface area contributed by atoms with E-state index in [0.717, 1.165) is 0 Å². The summed E-state index contributed by atoms with van der Waals surface area (Å²) >= 11 is 0. The highest BCUT2D eigenvalue weighted by atomic mass is 16.5. The van der Waals surface area contributed by atoms with Crippen LogP contribution in [-0.2, 0) is 19.1 Å². The Hall–Kier alpha value is -2.36. The molecule has 0 aromatic heterocycles. The van der Waals surface area contributed by atoms with E-state index in [9.17, 15) is 19.5 Å². The molecule has 2 aliphatic rings. The molecule has 10 heteroatoms. The lowest BCUT2D eigenvalue weighted by Gasteiger charge is -2.34. The summed E-state index contributed by atoms with van der Waals surface area (Å²) in [4.78, 5) is 41.7. The SMILES string of the molecule is CC(=O)NC(C(=O)N1CCOCC1)[C@H]1CC(C(=O)O)C[C@@H]1N=C(N)N. The predicted molar refractivity (Wildman–Crippen MR) is 88.5 cm³/mol. The number of nitrogens with zero attached hydrogens (tertiary/aromatic N) is 2. The van der Waals surface area contributed by atoms with Crippen LogP contribution >= 0.6 is 0 Å². The highest BCUT2D eigenvalue weighted by Gasteiger charge is 2.45. The number of hydrogen-bond donors (Lipinski definition) is 4. The van der Waals surface area contributed by atoms with E-state index in [-0.39, 0.29) is 30.6 Å². The number of ether oxygens (including phenoxy) is 1. The van der Waals surface area contributed by atoms with Crippen LogP contribution < -0.4 is 16.8 Å². The smallest absolute Gasteiger partial charge is 0.306 e. The average Bonchev–Trinajstić information content (AvgIpc) is 2.95. The summed E-state index contributed by atoms with van der Waals surface area (Å²) in [6.07, 6.45) is 0.447. The Kier molecular flexibility index (Phi) is 6.18. The van der Waals surface area contributed by atoms with E-state index in [2.05, 4.69) is 10.3 Å². The van der Waals surface area contributed by atoms with Crippen molar-refractivity contribution in [1.82, 2.24) is 10.2 Å². The van der Waals surface area contributed by atoms with Gasteiger partial charge >= 0.3 is 5.97 Å². The van der Waals surface area contributed by atoms with Gasteiger partial charge < -0.3 is 31.5 Å². The summed E-state index contributed by atoms with van der Waals surface area (Å²) in [6, 6.07) is -1.40. The van der Waals surface area contributed by atoms with Gasteiger partial charge in [0.2, 0.25) is 11.8 Å². The highest BCUT2D eigenvalue weighted by Crippen LogP contribution is 2.36. The zero-order valence-corrected chi connectivity index (χ0v) is 14.2. The fourth-order valence-corrected chi connectivity index (χ4v) is 3.50. The predicted octanol–water partition coefficient (Wildman–Crippen LogP) is -1.90. The molecule has 1 aliphatic heterocycles. The Morgan fingerprint density at radius 1 is 1.24 bits per heavy atom. The van der Waals surface area contributed by atoms with Crippen molar-refractivity contribution in [3.05, 3.63) is 0 Å². The number of rotatable bonds is 5. The molecular weight excluding hydrogens is 330 g/mol. The average molecular weight is 355 g/mol. The number of nitrogens with two attached hydrogens (primary N) is 2. The maximum absolute atomic E-state index is 12.9. The van der Waals surface area contributed by atoms with Crippen LogP contribution in [0.2, 0.25) is 0 Å². The monoisotopic (exact) mass is 355 g/mol. The third-order valence-corrected chi connectivity index (χ3v) is 4.62. The van der Waals surface area contributed by atoms with Crippen molar-refractivity contribution in [3.8, 4) is 0 Å². The largest absolute Gasteiger partial charge is 0.481 e. The third kappa shape index (κ3) is 4.81. The zero-order chi connectivity index (χ0) is 18.6. The molecule has 10 nitrogen and oxygen atoms in total. The van der Waals surface area contributed by atoms with Crippen LogP contribution in [0, 0.1) is 11.8 Å². The second kappa shape index (κ2) is 8.15. The maximum Gasteiger partial charge on any atom is 0.306 e. The van der Waals surface area contributed by atoms with Gasteiger partial charge in [0.05, 0.1) is 25.2 Å². The normalized spacial score (nSPS) is 27.4. The van der Waals surface area contributed by atoms with E-state index >= 15 is 0 Å². The molecule has 2 amide bonds. The first-order valence-electron chi connectivity index (χ1n) is 8.24. The molecule has 2 unspecified atom stereocenters. The molecule has 0 radical (unpaired) electrons. The van der Waals surface area contributed by atoms with Crippen molar-refractivity contribution >= 4 is 23.7 Å². The second-order valence-electron chi connectivity index (χ2n) is 6.41. The Balaban J connectivity index is 2.26. The number of carboxylic acid groups (broad SMARTS) is 1. The second-order valence-corrected chi connectivity index (χ2v) is 6.41. The molecule has 0 aromatic carbocycles. The lowest BCUT2D eigenvalue weighted by molar-refractivity contribution is -0.143. The topological polar surface area (TPSA) is 160 Å². The Labute approximate surface area is 145 Å². The number of nitrogens with one attached hydrogen (secondary N) is 1. The number of aliphatic imine (C=N–C) groups is 1. The molecule has 6 N–H and O–H groups in total. The first kappa shape index (κ1) is 19.0. The van der Waals surface area contributed by atoms with Gasteiger partial charge in [-0.1, -0.05) is 0 Å². The fourth-order valence-electron chi connectivity index (χ4n) is 3.50. The van der Waals surface area contributed by atoms with Gasteiger partial charge in [0, 0.05) is 25.9 Å². The molecule has 0 spiro atoms. The minimum atomic E-state index is -0.960. The number of amides is 2. The number of aliphatic carboxylic acids is 1. The molecule has 0 aromatic rings. The van der Waals surface area contributed by atoms with Crippen molar-refractivity contribution in [2.24, 2.45) is 28.3 Å². The number of carbonyl (C=O) groups is 3. The van der Waals surface area contributed by atoms with Gasteiger partial charge in [0.25, 0.3) is 0 Å². The summed E-state index contributed by atoms with van der Waals surface area (Å²) in [5.41, 5.74) is 10.9. The lowest BCUT2D eigenvalue weighted by Crippen LogP contribution is -2.55. The molecule has 140 valence electrons. The van der Waals surface area contributed by atoms with Crippen molar-refractivity contribution in [1.29, 1.82) is 0 Å². The molecule has 25 heavy (non-hydrogen) atoms. The molecule has 4 atom stereocenters. The number of morpholine rings is 1. The van der Waals surface area contributed by atoms with Crippen molar-refractivity contribution in [3.63, 3.8) is 0 Å². The first-order valence-corrected chi connectivity index (χ1v) is 8.24. The maximum atomic E-state index is 12.9. The molecule has 1 aliphatic carbocycles. The Bertz CT molecular complexity index is 557. The van der Waals surface area contributed by atoms with Crippen LogP contribution in [0.15, 0.2) is 4.99 Å². The van der Waals surface area contributed by atoms with Gasteiger partial charge in [0.15, 0.2) is 5.96 Å². The van der Waals surface area contributed by atoms with Crippen molar-refractivity contribution in [2.75, 3.05) is 26.3 Å². The van der Waals surface area contributed by atoms with Gasteiger partial charge in [-0.25, -0.2) is 4.99 Å². The van der Waals surface area contributed by atoms with Crippen LogP contribution in [0.25, 0.3) is 0 Å². The van der Waals surface area contributed by atoms with Crippen LogP contribution in [0.1, 0.15) is 19.8 Å². The van der Waals surface area contributed by atoms with Crippen molar-refractivity contribution < 1.29 is 24.2 Å². The number of carbonyl (C=O) groups excluding carboxylic acids is 2. The summed E-state index contributed by atoms with van der Waals surface area (Å²) in [6.45, 7) is 3.03. The van der Waals surface area contributed by atoms with Gasteiger partial charge in [-0.05, 0) is 12.8 Å². The molecule has 2 fully saturated rings. The van der Waals surface area contributed by atoms with E-state index < -0.39 is 29.9 Å². The quantitative estimate of drug-likeness (QED) is 0.331. The van der Waals surface area contributed by atoms with E-state index in [0.29, 0.717) is 26.3 Å². The third-order valence-electron chi connectivity index (χ3n) is 4.62. The van der Waals surface area contributed by atoms with E-state index in [1.807, 2.05) is 0 Å². The van der Waals surface area contributed by atoms with E-state index in [1.54, 1.807) is 4.90 Å². The van der Waals surface area contributed by atoms with Gasteiger partial charge in [-0.3, -0.25) is 14.4 Å². The summed E-state index contributed by atoms with van der Waals surface area (Å²) in [5, 5.41) is 12.0. The molecule has 1 heterocycles.